The Hall–Kier alpha value is -0.643. The first kappa shape index (κ1) is 16.4. The van der Waals surface area contributed by atoms with E-state index >= 15 is 0 Å². The first-order valence-electron chi connectivity index (χ1n) is 4.66. The van der Waals surface area contributed by atoms with E-state index in [9.17, 15) is 18.0 Å². The summed E-state index contributed by atoms with van der Waals surface area (Å²) >= 11 is 0. The van der Waals surface area contributed by atoms with Crippen LogP contribution in [0.4, 0.5) is 13.2 Å². The van der Waals surface area contributed by atoms with Gasteiger partial charge in [-0.1, -0.05) is 0 Å². The first-order valence-corrected chi connectivity index (χ1v) is 6.59. The fraction of sp³-hybridized carbons (Fsp3) is 0.875. The maximum Gasteiger partial charge on any atom is 0.503 e. The third kappa shape index (κ3) is 6.61. The van der Waals surface area contributed by atoms with Crippen molar-refractivity contribution in [2.24, 2.45) is 0 Å². The fourth-order valence-corrected chi connectivity index (χ4v) is 2.53. The monoisotopic (exact) mass is 276 g/mol. The highest BCUT2D eigenvalue weighted by Gasteiger charge is 2.38. The van der Waals surface area contributed by atoms with E-state index < -0.39 is 27.4 Å². The highest BCUT2D eigenvalue weighted by atomic mass is 28.4. The number of carbonyl (C=O) groups excluding carboxylic acids is 1. The van der Waals surface area contributed by atoms with E-state index in [0.29, 0.717) is 0 Å². The summed E-state index contributed by atoms with van der Waals surface area (Å²) in [6, 6.07) is 0.0973. The van der Waals surface area contributed by atoms with E-state index in [4.69, 9.17) is 13.3 Å². The molecule has 0 saturated heterocycles. The van der Waals surface area contributed by atoms with Crippen molar-refractivity contribution in [3.05, 3.63) is 0 Å². The summed E-state index contributed by atoms with van der Waals surface area (Å²) in [5.74, 6) is -1.33. The van der Waals surface area contributed by atoms with E-state index in [-0.39, 0.29) is 12.7 Å². The van der Waals surface area contributed by atoms with Crippen LogP contribution >= 0.6 is 0 Å². The SMILES string of the molecule is CO[Si](CCOC(=O)CC(F)(F)F)(OC)OC. The largest absolute Gasteiger partial charge is 0.503 e. The molecule has 0 radical (unpaired) electrons. The van der Waals surface area contributed by atoms with E-state index in [0.717, 1.165) is 0 Å². The van der Waals surface area contributed by atoms with Gasteiger partial charge in [-0.05, 0) is 0 Å². The summed E-state index contributed by atoms with van der Waals surface area (Å²) in [4.78, 5) is 10.8. The van der Waals surface area contributed by atoms with Gasteiger partial charge in [0, 0.05) is 21.3 Å². The normalized spacial score (nSPS) is 12.6. The molecule has 9 heteroatoms. The van der Waals surface area contributed by atoms with Gasteiger partial charge in [-0.25, -0.2) is 0 Å². The summed E-state index contributed by atoms with van der Waals surface area (Å²) in [7, 11) is 1.17. The molecule has 0 aliphatic heterocycles. The van der Waals surface area contributed by atoms with Crippen molar-refractivity contribution in [2.45, 2.75) is 18.6 Å². The number of alkyl halides is 3. The molecular formula is C8H15F3O5Si. The lowest BCUT2D eigenvalue weighted by molar-refractivity contribution is -0.170. The summed E-state index contributed by atoms with van der Waals surface area (Å²) < 4.78 is 54.8. The van der Waals surface area contributed by atoms with Crippen LogP contribution in [0.3, 0.4) is 0 Å². The quantitative estimate of drug-likeness (QED) is 0.519. The third-order valence-electron chi connectivity index (χ3n) is 1.95. The van der Waals surface area contributed by atoms with Gasteiger partial charge in [0.2, 0.25) is 0 Å². The lowest BCUT2D eigenvalue weighted by Gasteiger charge is -2.23. The predicted molar refractivity (Wildman–Crippen MR) is 53.2 cm³/mol. The van der Waals surface area contributed by atoms with Gasteiger partial charge in [-0.15, -0.1) is 0 Å². The van der Waals surface area contributed by atoms with Crippen molar-refractivity contribution >= 4 is 14.8 Å². The molecule has 0 aromatic heterocycles. The van der Waals surface area contributed by atoms with Gasteiger partial charge in [0.15, 0.2) is 0 Å². The molecule has 0 aromatic rings. The summed E-state index contributed by atoms with van der Waals surface area (Å²) in [6.07, 6.45) is -6.16. The van der Waals surface area contributed by atoms with Crippen molar-refractivity contribution in [3.8, 4) is 0 Å². The molecule has 0 spiro atoms. The Balaban J connectivity index is 4.01. The number of ether oxygens (including phenoxy) is 1. The van der Waals surface area contributed by atoms with Gasteiger partial charge in [0.05, 0.1) is 12.7 Å². The Morgan fingerprint density at radius 2 is 1.59 bits per heavy atom. The van der Waals surface area contributed by atoms with Gasteiger partial charge in [-0.3, -0.25) is 4.79 Å². The molecule has 17 heavy (non-hydrogen) atoms. The van der Waals surface area contributed by atoms with Crippen molar-refractivity contribution in [3.63, 3.8) is 0 Å². The molecule has 0 aliphatic rings. The molecule has 5 nitrogen and oxygen atoms in total. The molecule has 0 N–H and O–H groups in total. The smallest absolute Gasteiger partial charge is 0.465 e. The molecule has 0 aliphatic carbocycles. The van der Waals surface area contributed by atoms with Crippen LogP contribution in [-0.2, 0) is 22.8 Å². The van der Waals surface area contributed by atoms with Gasteiger partial charge < -0.3 is 18.0 Å². The minimum atomic E-state index is -4.56. The minimum Gasteiger partial charge on any atom is -0.465 e. The van der Waals surface area contributed by atoms with Crippen LogP contribution in [0.15, 0.2) is 0 Å². The van der Waals surface area contributed by atoms with Crippen molar-refractivity contribution in [2.75, 3.05) is 27.9 Å². The van der Waals surface area contributed by atoms with Crippen LogP contribution in [0.5, 0.6) is 0 Å². The van der Waals surface area contributed by atoms with E-state index in [2.05, 4.69) is 4.74 Å². The molecule has 0 atom stereocenters. The molecule has 0 saturated carbocycles. The van der Waals surface area contributed by atoms with Crippen molar-refractivity contribution in [1.29, 1.82) is 0 Å². The second kappa shape index (κ2) is 6.94. The average molecular weight is 276 g/mol. The standard InChI is InChI=1S/C8H15F3O5Si/c1-13-17(14-2,15-3)5-4-16-7(12)6-8(9,10)11/h4-6H2,1-3H3. The van der Waals surface area contributed by atoms with Crippen LogP contribution in [0.1, 0.15) is 6.42 Å². The number of halogens is 3. The van der Waals surface area contributed by atoms with Crippen LogP contribution in [-0.4, -0.2) is 48.9 Å². The highest BCUT2D eigenvalue weighted by molar-refractivity contribution is 6.60. The Kier molecular flexibility index (Phi) is 6.68. The molecular weight excluding hydrogens is 261 g/mol. The number of hydrogen-bond donors (Lipinski definition) is 0. The number of esters is 1. The molecule has 0 aromatic carbocycles. The number of hydrogen-bond acceptors (Lipinski definition) is 5. The van der Waals surface area contributed by atoms with Crippen LogP contribution < -0.4 is 0 Å². The topological polar surface area (TPSA) is 54.0 Å². The molecule has 0 amide bonds. The Morgan fingerprint density at radius 1 is 1.12 bits per heavy atom. The summed E-state index contributed by atoms with van der Waals surface area (Å²) in [5.41, 5.74) is 0. The minimum absolute atomic E-state index is 0.0973. The number of carbonyl (C=O) groups is 1. The third-order valence-corrected chi connectivity index (χ3v) is 4.63. The molecule has 0 unspecified atom stereocenters. The first-order chi connectivity index (χ1) is 7.78. The van der Waals surface area contributed by atoms with Crippen LogP contribution in [0.2, 0.25) is 6.04 Å². The zero-order valence-corrected chi connectivity index (χ0v) is 10.8. The summed E-state index contributed by atoms with van der Waals surface area (Å²) in [5, 5.41) is 0. The molecule has 0 rings (SSSR count). The van der Waals surface area contributed by atoms with Crippen molar-refractivity contribution < 1.29 is 36.0 Å². The zero-order valence-electron chi connectivity index (χ0n) is 9.80. The molecule has 0 heterocycles. The van der Waals surface area contributed by atoms with E-state index in [1.165, 1.54) is 21.3 Å². The van der Waals surface area contributed by atoms with Crippen LogP contribution in [0.25, 0.3) is 0 Å². The summed E-state index contributed by atoms with van der Waals surface area (Å²) in [6.45, 7) is -0.239. The lowest BCUT2D eigenvalue weighted by Crippen LogP contribution is -2.43. The van der Waals surface area contributed by atoms with Crippen molar-refractivity contribution in [1.82, 2.24) is 0 Å². The average Bonchev–Trinajstić information content (AvgIpc) is 2.22. The maximum absolute atomic E-state index is 11.8. The van der Waals surface area contributed by atoms with Gasteiger partial charge >= 0.3 is 21.0 Å². The lowest BCUT2D eigenvalue weighted by atomic mass is 10.4. The Bertz CT molecular complexity index is 234. The van der Waals surface area contributed by atoms with E-state index in [1.54, 1.807) is 0 Å². The highest BCUT2D eigenvalue weighted by Crippen LogP contribution is 2.20. The zero-order chi connectivity index (χ0) is 13.5. The van der Waals surface area contributed by atoms with E-state index in [1.807, 2.05) is 0 Å². The molecule has 102 valence electrons. The fourth-order valence-electron chi connectivity index (χ4n) is 1.06. The Labute approximate surface area is 98.2 Å². The Morgan fingerprint density at radius 3 is 1.94 bits per heavy atom. The van der Waals surface area contributed by atoms with Gasteiger partial charge in [0.1, 0.15) is 6.42 Å². The second-order valence-electron chi connectivity index (χ2n) is 3.06. The molecule has 0 bridgehead atoms. The maximum atomic E-state index is 11.8. The molecule has 0 fully saturated rings. The predicted octanol–water partition coefficient (Wildman–Crippen LogP) is 1.36. The second-order valence-corrected chi connectivity index (χ2v) is 6.15. The van der Waals surface area contributed by atoms with Gasteiger partial charge in [0.25, 0.3) is 0 Å². The van der Waals surface area contributed by atoms with Gasteiger partial charge in [-0.2, -0.15) is 13.2 Å². The number of rotatable bonds is 7. The van der Waals surface area contributed by atoms with Crippen LogP contribution in [0, 0.1) is 0 Å².